The van der Waals surface area contributed by atoms with Crippen LogP contribution in [0.25, 0.3) is 28.4 Å². The molecule has 3 rings (SSSR count). The summed E-state index contributed by atoms with van der Waals surface area (Å²) in [5, 5.41) is 8.68. The molecule has 122 valence electrons. The quantitative estimate of drug-likeness (QED) is 0.714. The molecule has 0 fully saturated rings. The Kier molecular flexibility index (Phi) is 3.93. The molecule has 0 unspecified atom stereocenters. The monoisotopic (exact) mass is 321 g/mol. The van der Waals surface area contributed by atoms with E-state index in [2.05, 4.69) is 53.9 Å². The summed E-state index contributed by atoms with van der Waals surface area (Å²) in [5.74, 6) is -0.647. The molecule has 0 aliphatic heterocycles. The summed E-state index contributed by atoms with van der Waals surface area (Å²) >= 11 is 0. The van der Waals surface area contributed by atoms with E-state index in [1.165, 1.54) is 11.6 Å². The molecular weight excluding hydrogens is 302 g/mol. The molecule has 2 N–H and O–H groups in total. The molecule has 0 bridgehead atoms. The number of carbonyl (C=O) groups is 1. The number of benzene rings is 1. The van der Waals surface area contributed by atoms with Crippen LogP contribution in [0.2, 0.25) is 0 Å². The molecular formula is C19H19N3O2. The Morgan fingerprint density at radius 2 is 2.04 bits per heavy atom. The van der Waals surface area contributed by atoms with Crippen LogP contribution >= 0.6 is 0 Å². The Bertz CT molecular complexity index is 933. The Labute approximate surface area is 140 Å². The Morgan fingerprint density at radius 1 is 1.25 bits per heavy atom. The van der Waals surface area contributed by atoms with E-state index in [0.717, 1.165) is 28.4 Å². The Hall–Kier alpha value is -2.95. The first-order valence-corrected chi connectivity index (χ1v) is 7.70. The molecule has 24 heavy (non-hydrogen) atoms. The fourth-order valence-corrected chi connectivity index (χ4v) is 2.47. The van der Waals surface area contributed by atoms with E-state index in [0.29, 0.717) is 5.82 Å². The maximum Gasteiger partial charge on any atom is 0.328 e. The maximum absolute atomic E-state index is 10.6. The molecule has 0 atom stereocenters. The van der Waals surface area contributed by atoms with Gasteiger partial charge >= 0.3 is 5.97 Å². The molecule has 0 saturated heterocycles. The van der Waals surface area contributed by atoms with Gasteiger partial charge in [-0.05, 0) is 34.8 Å². The number of fused-ring (bicyclic) bond motifs is 1. The molecule has 2 heterocycles. The molecule has 5 heteroatoms. The SMILES string of the molecule is CC(C)(C)c1cccc(-c2cc3nc(/C=C/C(=O)O)ncc3[nH]2)c1. The van der Waals surface area contributed by atoms with Gasteiger partial charge in [0.1, 0.15) is 0 Å². The van der Waals surface area contributed by atoms with Crippen molar-refractivity contribution < 1.29 is 9.90 Å². The zero-order chi connectivity index (χ0) is 17.3. The predicted molar refractivity (Wildman–Crippen MR) is 94.7 cm³/mol. The number of hydrogen-bond acceptors (Lipinski definition) is 3. The van der Waals surface area contributed by atoms with E-state index in [9.17, 15) is 4.79 Å². The summed E-state index contributed by atoms with van der Waals surface area (Å²) in [6.07, 6.45) is 4.08. The van der Waals surface area contributed by atoms with Crippen molar-refractivity contribution in [3.8, 4) is 11.3 Å². The van der Waals surface area contributed by atoms with Crippen molar-refractivity contribution in [3.63, 3.8) is 0 Å². The zero-order valence-electron chi connectivity index (χ0n) is 13.9. The molecule has 0 aliphatic carbocycles. The van der Waals surface area contributed by atoms with Gasteiger partial charge < -0.3 is 10.1 Å². The number of H-pyrrole nitrogens is 1. The van der Waals surface area contributed by atoms with Gasteiger partial charge in [0.25, 0.3) is 0 Å². The van der Waals surface area contributed by atoms with Gasteiger partial charge in [-0.25, -0.2) is 14.8 Å². The number of aromatic amines is 1. The molecule has 1 aromatic carbocycles. The molecule has 0 saturated carbocycles. The fourth-order valence-electron chi connectivity index (χ4n) is 2.47. The lowest BCUT2D eigenvalue weighted by atomic mass is 9.86. The fraction of sp³-hybridized carbons (Fsp3) is 0.211. The first kappa shape index (κ1) is 15.9. The summed E-state index contributed by atoms with van der Waals surface area (Å²) in [4.78, 5) is 22.4. The smallest absolute Gasteiger partial charge is 0.328 e. The van der Waals surface area contributed by atoms with Gasteiger partial charge in [-0.1, -0.05) is 39.0 Å². The minimum atomic E-state index is -1.02. The summed E-state index contributed by atoms with van der Waals surface area (Å²) in [6, 6.07) is 10.4. The highest BCUT2D eigenvalue weighted by Crippen LogP contribution is 2.28. The van der Waals surface area contributed by atoms with Gasteiger partial charge in [-0.15, -0.1) is 0 Å². The van der Waals surface area contributed by atoms with Gasteiger partial charge in [0, 0.05) is 11.8 Å². The summed E-state index contributed by atoms with van der Waals surface area (Å²) in [6.45, 7) is 6.55. The second-order valence-electron chi connectivity index (χ2n) is 6.71. The number of nitrogens with one attached hydrogen (secondary N) is 1. The van der Waals surface area contributed by atoms with Gasteiger partial charge in [-0.3, -0.25) is 0 Å². The van der Waals surface area contributed by atoms with E-state index in [1.807, 2.05) is 12.1 Å². The van der Waals surface area contributed by atoms with Crippen LogP contribution in [0.1, 0.15) is 32.2 Å². The number of nitrogens with zero attached hydrogens (tertiary/aromatic N) is 2. The maximum atomic E-state index is 10.6. The largest absolute Gasteiger partial charge is 0.478 e. The molecule has 3 aromatic rings. The second kappa shape index (κ2) is 5.92. The van der Waals surface area contributed by atoms with Crippen LogP contribution in [0.4, 0.5) is 0 Å². The minimum Gasteiger partial charge on any atom is -0.478 e. The first-order chi connectivity index (χ1) is 11.3. The number of rotatable bonds is 3. The Morgan fingerprint density at radius 3 is 2.75 bits per heavy atom. The second-order valence-corrected chi connectivity index (χ2v) is 6.71. The average Bonchev–Trinajstić information content (AvgIpc) is 2.95. The van der Waals surface area contributed by atoms with Crippen LogP contribution < -0.4 is 0 Å². The molecule has 5 nitrogen and oxygen atoms in total. The van der Waals surface area contributed by atoms with Crippen LogP contribution in [0.15, 0.2) is 42.6 Å². The Balaban J connectivity index is 2.01. The number of hydrogen-bond donors (Lipinski definition) is 2. The normalized spacial score (nSPS) is 12.1. The topological polar surface area (TPSA) is 78.9 Å². The lowest BCUT2D eigenvalue weighted by Crippen LogP contribution is -2.10. The molecule has 0 spiro atoms. The highest BCUT2D eigenvalue weighted by molar-refractivity contribution is 5.86. The van der Waals surface area contributed by atoms with Gasteiger partial charge in [0.2, 0.25) is 0 Å². The van der Waals surface area contributed by atoms with Crippen molar-refractivity contribution >= 4 is 23.1 Å². The van der Waals surface area contributed by atoms with Crippen molar-refractivity contribution in [2.75, 3.05) is 0 Å². The number of aromatic nitrogens is 3. The van der Waals surface area contributed by atoms with Gasteiger partial charge in [0.15, 0.2) is 5.82 Å². The van der Waals surface area contributed by atoms with E-state index in [-0.39, 0.29) is 5.41 Å². The minimum absolute atomic E-state index is 0.0800. The molecule has 0 amide bonds. The van der Waals surface area contributed by atoms with Gasteiger partial charge in [0.05, 0.1) is 17.2 Å². The summed E-state index contributed by atoms with van der Waals surface area (Å²) in [5.41, 5.74) is 4.96. The molecule has 2 aromatic heterocycles. The summed E-state index contributed by atoms with van der Waals surface area (Å²) < 4.78 is 0. The number of carboxylic acids is 1. The van der Waals surface area contributed by atoms with E-state index in [1.54, 1.807) is 6.20 Å². The van der Waals surface area contributed by atoms with Crippen LogP contribution in [0.3, 0.4) is 0 Å². The van der Waals surface area contributed by atoms with E-state index < -0.39 is 5.97 Å². The van der Waals surface area contributed by atoms with Crippen molar-refractivity contribution in [1.29, 1.82) is 0 Å². The lowest BCUT2D eigenvalue weighted by molar-refractivity contribution is -0.131. The number of aliphatic carboxylic acids is 1. The van der Waals surface area contributed by atoms with E-state index in [4.69, 9.17) is 5.11 Å². The van der Waals surface area contributed by atoms with Crippen molar-refractivity contribution in [1.82, 2.24) is 15.0 Å². The zero-order valence-corrected chi connectivity index (χ0v) is 13.9. The third-order valence-electron chi connectivity index (χ3n) is 3.80. The third-order valence-corrected chi connectivity index (χ3v) is 3.80. The van der Waals surface area contributed by atoms with Crippen LogP contribution in [0.5, 0.6) is 0 Å². The van der Waals surface area contributed by atoms with E-state index >= 15 is 0 Å². The summed E-state index contributed by atoms with van der Waals surface area (Å²) in [7, 11) is 0. The number of carboxylic acid groups (broad SMARTS) is 1. The highest BCUT2D eigenvalue weighted by atomic mass is 16.4. The lowest BCUT2D eigenvalue weighted by Gasteiger charge is -2.19. The highest BCUT2D eigenvalue weighted by Gasteiger charge is 2.14. The van der Waals surface area contributed by atoms with Crippen molar-refractivity contribution in [3.05, 3.63) is 54.0 Å². The third kappa shape index (κ3) is 3.35. The predicted octanol–water partition coefficient (Wildman–Crippen LogP) is 4.02. The van der Waals surface area contributed by atoms with Crippen molar-refractivity contribution in [2.24, 2.45) is 0 Å². The van der Waals surface area contributed by atoms with Crippen LogP contribution in [-0.2, 0) is 10.2 Å². The van der Waals surface area contributed by atoms with Crippen LogP contribution in [-0.4, -0.2) is 26.0 Å². The van der Waals surface area contributed by atoms with Crippen LogP contribution in [0, 0.1) is 0 Å². The van der Waals surface area contributed by atoms with Gasteiger partial charge in [-0.2, -0.15) is 0 Å². The molecule has 0 radical (unpaired) electrons. The first-order valence-electron chi connectivity index (χ1n) is 7.70. The standard InChI is InChI=1S/C19H19N3O2/c1-19(2,3)13-6-4-5-12(9-13)14-10-15-16(21-14)11-20-17(22-15)7-8-18(23)24/h4-11,21H,1-3H3,(H,23,24)/b8-7+. The van der Waals surface area contributed by atoms with Crippen molar-refractivity contribution in [2.45, 2.75) is 26.2 Å². The average molecular weight is 321 g/mol. The molecule has 0 aliphatic rings.